The van der Waals surface area contributed by atoms with E-state index in [1.54, 1.807) is 13.8 Å². The summed E-state index contributed by atoms with van der Waals surface area (Å²) in [6, 6.07) is 9.70. The van der Waals surface area contributed by atoms with E-state index in [1.165, 1.54) is 0 Å². The Labute approximate surface area is 153 Å². The van der Waals surface area contributed by atoms with E-state index in [0.29, 0.717) is 6.61 Å². The van der Waals surface area contributed by atoms with Crippen molar-refractivity contribution in [2.24, 2.45) is 5.92 Å². The van der Waals surface area contributed by atoms with Crippen molar-refractivity contribution in [2.75, 3.05) is 19.8 Å². The molecule has 22 heavy (non-hydrogen) atoms. The molecule has 0 aliphatic rings. The first-order valence-electron chi connectivity index (χ1n) is 7.14. The van der Waals surface area contributed by atoms with Gasteiger partial charge in [-0.3, -0.25) is 9.59 Å². The van der Waals surface area contributed by atoms with Gasteiger partial charge >= 0.3 is 11.9 Å². The molecule has 1 aromatic carbocycles. The van der Waals surface area contributed by atoms with Gasteiger partial charge in [-0.2, -0.15) is 0 Å². The van der Waals surface area contributed by atoms with E-state index in [2.05, 4.69) is 0 Å². The van der Waals surface area contributed by atoms with Crippen molar-refractivity contribution in [3.8, 4) is 0 Å². The fourth-order valence-corrected chi connectivity index (χ4v) is 1.78. The maximum absolute atomic E-state index is 11.7. The summed E-state index contributed by atoms with van der Waals surface area (Å²) in [5.74, 6) is -2.03. The van der Waals surface area contributed by atoms with E-state index < -0.39 is 17.9 Å². The third-order valence-electron chi connectivity index (χ3n) is 2.80. The molecule has 117 valence electrons. The van der Waals surface area contributed by atoms with Crippen molar-refractivity contribution in [3.05, 3.63) is 35.9 Å². The van der Waals surface area contributed by atoms with Gasteiger partial charge in [-0.05, 0) is 25.8 Å². The molecule has 5 nitrogen and oxygen atoms in total. The molecule has 0 spiro atoms. The average molecular weight is 317 g/mol. The zero-order chi connectivity index (χ0) is 15.5. The molecule has 0 atom stereocenters. The number of ether oxygens (including phenoxy) is 3. The van der Waals surface area contributed by atoms with E-state index in [9.17, 15) is 9.59 Å². The molecule has 0 amide bonds. The van der Waals surface area contributed by atoms with Gasteiger partial charge in [-0.15, -0.1) is 0 Å². The van der Waals surface area contributed by atoms with E-state index in [0.717, 1.165) is 5.56 Å². The second-order valence-corrected chi connectivity index (χ2v) is 4.38. The smallest absolute Gasteiger partial charge is 0.320 e. The van der Waals surface area contributed by atoms with Gasteiger partial charge < -0.3 is 14.2 Å². The monoisotopic (exact) mass is 317 g/mol. The second-order valence-electron chi connectivity index (χ2n) is 4.38. The summed E-state index contributed by atoms with van der Waals surface area (Å²) in [5.41, 5.74) is 1.04. The molecule has 1 aromatic rings. The number of hydrogen-bond acceptors (Lipinski definition) is 5. The van der Waals surface area contributed by atoms with Crippen molar-refractivity contribution >= 4 is 41.5 Å². The summed E-state index contributed by atoms with van der Waals surface area (Å²) in [7, 11) is 0. The molecular weight excluding hydrogens is 295 g/mol. The topological polar surface area (TPSA) is 61.8 Å². The van der Waals surface area contributed by atoms with E-state index >= 15 is 0 Å². The van der Waals surface area contributed by atoms with Gasteiger partial charge in [0.15, 0.2) is 5.92 Å². The van der Waals surface area contributed by atoms with Crippen LogP contribution in [0.3, 0.4) is 0 Å². The predicted octanol–water partition coefficient (Wildman–Crippen LogP) is 1.95. The molecule has 0 heterocycles. The van der Waals surface area contributed by atoms with Gasteiger partial charge in [-0.1, -0.05) is 30.3 Å². The predicted molar refractivity (Wildman–Crippen MR) is 83.2 cm³/mol. The number of esters is 2. The van der Waals surface area contributed by atoms with Gasteiger partial charge in [0.05, 0.1) is 19.8 Å². The minimum Gasteiger partial charge on any atom is -0.465 e. The molecule has 0 aliphatic heterocycles. The number of carbonyl (C=O) groups is 2. The zero-order valence-corrected chi connectivity index (χ0v) is 15.5. The average Bonchev–Trinajstić information content (AvgIpc) is 2.48. The van der Waals surface area contributed by atoms with Crippen LogP contribution in [0.1, 0.15) is 25.8 Å². The van der Waals surface area contributed by atoms with Crippen LogP contribution in [-0.4, -0.2) is 61.3 Å². The van der Waals surface area contributed by atoms with Crippen LogP contribution in [0.25, 0.3) is 0 Å². The Morgan fingerprint density at radius 3 is 2.05 bits per heavy atom. The van der Waals surface area contributed by atoms with Crippen LogP contribution in [0.4, 0.5) is 0 Å². The van der Waals surface area contributed by atoms with Crippen molar-refractivity contribution in [1.82, 2.24) is 0 Å². The normalized spacial score (nSPS) is 9.95. The van der Waals surface area contributed by atoms with Crippen molar-refractivity contribution in [1.29, 1.82) is 0 Å². The molecule has 0 saturated carbocycles. The molecule has 0 unspecified atom stereocenters. The Balaban J connectivity index is 0.00000441. The first-order valence-corrected chi connectivity index (χ1v) is 7.14. The SMILES string of the molecule is CCOC(=O)C(CCOCc1ccccc1)C(=O)OCC.[Na]. The number of rotatable bonds is 9. The minimum absolute atomic E-state index is 0. The first-order chi connectivity index (χ1) is 10.2. The largest absolute Gasteiger partial charge is 0.465 e. The van der Waals surface area contributed by atoms with Gasteiger partial charge in [0.1, 0.15) is 0 Å². The maximum atomic E-state index is 11.7. The molecular formula is C16H22NaO5. The molecule has 0 aliphatic carbocycles. The molecule has 0 bridgehead atoms. The third-order valence-corrected chi connectivity index (χ3v) is 2.80. The van der Waals surface area contributed by atoms with Crippen LogP contribution in [0, 0.1) is 5.92 Å². The summed E-state index contributed by atoms with van der Waals surface area (Å²) >= 11 is 0. The number of benzene rings is 1. The Bertz CT molecular complexity index is 417. The van der Waals surface area contributed by atoms with Crippen LogP contribution < -0.4 is 0 Å². The quantitative estimate of drug-likeness (QED) is 0.301. The molecule has 0 N–H and O–H groups in total. The van der Waals surface area contributed by atoms with Crippen LogP contribution in [0.2, 0.25) is 0 Å². The fourth-order valence-electron chi connectivity index (χ4n) is 1.78. The van der Waals surface area contributed by atoms with Crippen molar-refractivity contribution < 1.29 is 23.8 Å². The third kappa shape index (κ3) is 7.94. The van der Waals surface area contributed by atoms with E-state index in [-0.39, 0.29) is 55.8 Å². The summed E-state index contributed by atoms with van der Waals surface area (Å²) in [5, 5.41) is 0. The fraction of sp³-hybridized carbons (Fsp3) is 0.500. The van der Waals surface area contributed by atoms with E-state index in [4.69, 9.17) is 14.2 Å². The molecule has 0 fully saturated rings. The second kappa shape index (κ2) is 12.6. The van der Waals surface area contributed by atoms with E-state index in [1.807, 2.05) is 30.3 Å². The number of hydrogen-bond donors (Lipinski definition) is 0. The first kappa shape index (κ1) is 21.1. The molecule has 1 radical (unpaired) electrons. The zero-order valence-electron chi connectivity index (χ0n) is 13.5. The molecule has 0 aromatic heterocycles. The van der Waals surface area contributed by atoms with Crippen LogP contribution in [0.5, 0.6) is 0 Å². The Kier molecular flexibility index (Phi) is 12.1. The Morgan fingerprint density at radius 2 is 1.55 bits per heavy atom. The van der Waals surface area contributed by atoms with Gasteiger partial charge in [0.2, 0.25) is 0 Å². The van der Waals surface area contributed by atoms with Crippen molar-refractivity contribution in [2.45, 2.75) is 26.9 Å². The van der Waals surface area contributed by atoms with Gasteiger partial charge in [0.25, 0.3) is 0 Å². The van der Waals surface area contributed by atoms with Crippen molar-refractivity contribution in [3.63, 3.8) is 0 Å². The summed E-state index contributed by atoms with van der Waals surface area (Å²) in [4.78, 5) is 23.5. The summed E-state index contributed by atoms with van der Waals surface area (Å²) in [6.45, 7) is 4.60. The maximum Gasteiger partial charge on any atom is 0.320 e. The molecule has 1 rings (SSSR count). The van der Waals surface area contributed by atoms with Crippen LogP contribution in [0.15, 0.2) is 30.3 Å². The van der Waals surface area contributed by atoms with Gasteiger partial charge in [-0.25, -0.2) is 0 Å². The Hall–Kier alpha value is -0.880. The Morgan fingerprint density at radius 1 is 1.00 bits per heavy atom. The number of carbonyl (C=O) groups excluding carboxylic acids is 2. The summed E-state index contributed by atoms with van der Waals surface area (Å²) in [6.07, 6.45) is 0.254. The van der Waals surface area contributed by atoms with Gasteiger partial charge in [0, 0.05) is 36.2 Å². The van der Waals surface area contributed by atoms with Crippen LogP contribution in [-0.2, 0) is 30.4 Å². The van der Waals surface area contributed by atoms with Crippen LogP contribution >= 0.6 is 0 Å². The molecule has 6 heteroatoms. The summed E-state index contributed by atoms with van der Waals surface area (Å²) < 4.78 is 15.3. The standard InChI is InChI=1S/C16H22O5.Na/c1-3-20-15(17)14(16(18)21-4-2)10-11-19-12-13-8-6-5-7-9-13;/h5-9,14H,3-4,10-12H2,1-2H3;. The molecule has 0 saturated heterocycles. The minimum atomic E-state index is -0.916.